The molecule has 3 rings (SSSR count). The number of pyridine rings is 1. The smallest absolute Gasteiger partial charge is 0.139 e. The van der Waals surface area contributed by atoms with E-state index in [0.29, 0.717) is 0 Å². The van der Waals surface area contributed by atoms with Crippen molar-refractivity contribution in [2.45, 2.75) is 13.5 Å². The molecule has 80 valence electrons. The zero-order chi connectivity index (χ0) is 11.0. The first-order chi connectivity index (χ1) is 7.84. The number of aromatic nitrogens is 5. The van der Waals surface area contributed by atoms with E-state index in [1.54, 1.807) is 12.7 Å². The Morgan fingerprint density at radius 2 is 2.06 bits per heavy atom. The average Bonchev–Trinajstić information content (AvgIpc) is 2.90. The molecular formula is C11H11N5. The molecule has 0 aliphatic heterocycles. The number of hydrogen-bond donors (Lipinski definition) is 0. The minimum atomic E-state index is 0.734. The van der Waals surface area contributed by atoms with E-state index in [1.165, 1.54) is 5.56 Å². The molecule has 0 aromatic carbocycles. The highest BCUT2D eigenvalue weighted by atomic mass is 15.2. The van der Waals surface area contributed by atoms with Crippen LogP contribution in [0.3, 0.4) is 0 Å². The van der Waals surface area contributed by atoms with Gasteiger partial charge in [-0.3, -0.25) is 0 Å². The van der Waals surface area contributed by atoms with Gasteiger partial charge in [0.25, 0.3) is 0 Å². The normalized spacial score (nSPS) is 11.1. The standard InChI is InChI=1S/C11H11N5/c1-9-3-2-4-16-10(5-12-11(9)16)6-15-7-13-14-8-15/h2-5,7-8H,6H2,1H3. The predicted octanol–water partition coefficient (Wildman–Crippen LogP) is 1.28. The summed E-state index contributed by atoms with van der Waals surface area (Å²) in [6, 6.07) is 4.09. The van der Waals surface area contributed by atoms with Crippen molar-refractivity contribution >= 4 is 5.65 Å². The molecule has 0 N–H and O–H groups in total. The largest absolute Gasteiger partial charge is 0.314 e. The lowest BCUT2D eigenvalue weighted by Crippen LogP contribution is -2.00. The molecule has 0 saturated heterocycles. The fraction of sp³-hybridized carbons (Fsp3) is 0.182. The van der Waals surface area contributed by atoms with Gasteiger partial charge in [0.05, 0.1) is 18.4 Å². The third kappa shape index (κ3) is 1.37. The fourth-order valence-corrected chi connectivity index (χ4v) is 1.81. The Labute approximate surface area is 92.4 Å². The Morgan fingerprint density at radius 3 is 2.88 bits per heavy atom. The summed E-state index contributed by atoms with van der Waals surface area (Å²) >= 11 is 0. The molecule has 0 aliphatic carbocycles. The van der Waals surface area contributed by atoms with Gasteiger partial charge in [0.15, 0.2) is 0 Å². The Balaban J connectivity index is 2.08. The van der Waals surface area contributed by atoms with Gasteiger partial charge in [0, 0.05) is 6.20 Å². The molecule has 0 bridgehead atoms. The summed E-state index contributed by atoms with van der Waals surface area (Å²) in [7, 11) is 0. The van der Waals surface area contributed by atoms with Crippen LogP contribution in [0, 0.1) is 6.92 Å². The molecule has 0 atom stereocenters. The van der Waals surface area contributed by atoms with Gasteiger partial charge < -0.3 is 8.97 Å². The van der Waals surface area contributed by atoms with Crippen LogP contribution in [0.25, 0.3) is 5.65 Å². The van der Waals surface area contributed by atoms with Gasteiger partial charge >= 0.3 is 0 Å². The predicted molar refractivity (Wildman–Crippen MR) is 59.1 cm³/mol. The van der Waals surface area contributed by atoms with Gasteiger partial charge in [-0.1, -0.05) is 6.07 Å². The van der Waals surface area contributed by atoms with Crippen LogP contribution >= 0.6 is 0 Å². The van der Waals surface area contributed by atoms with Crippen molar-refractivity contribution in [3.8, 4) is 0 Å². The number of rotatable bonds is 2. The SMILES string of the molecule is Cc1cccn2c(Cn3cnnc3)cnc12. The van der Waals surface area contributed by atoms with Crippen molar-refractivity contribution in [1.82, 2.24) is 24.1 Å². The van der Waals surface area contributed by atoms with E-state index in [1.807, 2.05) is 23.0 Å². The second-order valence-electron chi connectivity index (χ2n) is 3.77. The second kappa shape index (κ2) is 3.44. The van der Waals surface area contributed by atoms with Gasteiger partial charge in [-0.2, -0.15) is 0 Å². The van der Waals surface area contributed by atoms with Crippen molar-refractivity contribution in [1.29, 1.82) is 0 Å². The Hall–Kier alpha value is -2.17. The van der Waals surface area contributed by atoms with Crippen molar-refractivity contribution in [3.05, 3.63) is 48.4 Å². The van der Waals surface area contributed by atoms with Gasteiger partial charge in [-0.15, -0.1) is 10.2 Å². The number of aryl methyl sites for hydroxylation is 1. The summed E-state index contributed by atoms with van der Waals surface area (Å²) in [5, 5.41) is 7.57. The highest BCUT2D eigenvalue weighted by Gasteiger charge is 2.04. The summed E-state index contributed by atoms with van der Waals surface area (Å²) < 4.78 is 4.01. The molecule has 5 nitrogen and oxygen atoms in total. The molecule has 3 aromatic rings. The Kier molecular flexibility index (Phi) is 1.96. The summed E-state index contributed by atoms with van der Waals surface area (Å²) in [5.41, 5.74) is 3.31. The lowest BCUT2D eigenvalue weighted by atomic mass is 10.3. The maximum Gasteiger partial charge on any atom is 0.139 e. The third-order valence-corrected chi connectivity index (χ3v) is 2.62. The molecule has 0 amide bonds. The highest BCUT2D eigenvalue weighted by molar-refractivity contribution is 5.48. The lowest BCUT2D eigenvalue weighted by molar-refractivity contribution is 0.762. The lowest BCUT2D eigenvalue weighted by Gasteiger charge is -2.02. The molecule has 3 aromatic heterocycles. The molecular weight excluding hydrogens is 202 g/mol. The Bertz CT molecular complexity index is 608. The van der Waals surface area contributed by atoms with E-state index in [-0.39, 0.29) is 0 Å². The quantitative estimate of drug-likeness (QED) is 0.644. The zero-order valence-electron chi connectivity index (χ0n) is 8.91. The number of fused-ring (bicyclic) bond motifs is 1. The van der Waals surface area contributed by atoms with E-state index in [2.05, 4.69) is 32.6 Å². The fourth-order valence-electron chi connectivity index (χ4n) is 1.81. The van der Waals surface area contributed by atoms with E-state index in [4.69, 9.17) is 0 Å². The van der Waals surface area contributed by atoms with Crippen LogP contribution in [-0.4, -0.2) is 24.1 Å². The highest BCUT2D eigenvalue weighted by Crippen LogP contribution is 2.11. The monoisotopic (exact) mass is 213 g/mol. The van der Waals surface area contributed by atoms with E-state index in [9.17, 15) is 0 Å². The summed E-state index contributed by atoms with van der Waals surface area (Å²) in [5.74, 6) is 0. The molecule has 0 saturated carbocycles. The Morgan fingerprint density at radius 1 is 1.25 bits per heavy atom. The molecule has 0 radical (unpaired) electrons. The van der Waals surface area contributed by atoms with Crippen molar-refractivity contribution in [3.63, 3.8) is 0 Å². The average molecular weight is 213 g/mol. The minimum absolute atomic E-state index is 0.734. The number of hydrogen-bond acceptors (Lipinski definition) is 3. The molecule has 0 aliphatic rings. The van der Waals surface area contributed by atoms with Crippen LogP contribution in [0.2, 0.25) is 0 Å². The first-order valence-electron chi connectivity index (χ1n) is 5.08. The van der Waals surface area contributed by atoms with Crippen LogP contribution in [0.5, 0.6) is 0 Å². The van der Waals surface area contributed by atoms with E-state index >= 15 is 0 Å². The number of nitrogens with zero attached hydrogens (tertiary/aromatic N) is 5. The van der Waals surface area contributed by atoms with Crippen LogP contribution < -0.4 is 0 Å². The minimum Gasteiger partial charge on any atom is -0.314 e. The molecule has 3 heterocycles. The van der Waals surface area contributed by atoms with Gasteiger partial charge in [0.2, 0.25) is 0 Å². The van der Waals surface area contributed by atoms with E-state index < -0.39 is 0 Å². The molecule has 0 unspecified atom stereocenters. The molecule has 0 spiro atoms. The van der Waals surface area contributed by atoms with Crippen LogP contribution in [0.1, 0.15) is 11.3 Å². The topological polar surface area (TPSA) is 48.0 Å². The van der Waals surface area contributed by atoms with Gasteiger partial charge in [-0.05, 0) is 18.6 Å². The molecule has 5 heteroatoms. The maximum absolute atomic E-state index is 4.41. The maximum atomic E-state index is 4.41. The summed E-state index contributed by atoms with van der Waals surface area (Å²) in [4.78, 5) is 4.41. The van der Waals surface area contributed by atoms with Gasteiger partial charge in [0.1, 0.15) is 18.3 Å². The molecule has 0 fully saturated rings. The van der Waals surface area contributed by atoms with Crippen molar-refractivity contribution in [2.24, 2.45) is 0 Å². The van der Waals surface area contributed by atoms with Crippen LogP contribution in [-0.2, 0) is 6.54 Å². The third-order valence-electron chi connectivity index (χ3n) is 2.62. The van der Waals surface area contributed by atoms with E-state index in [0.717, 1.165) is 17.9 Å². The first-order valence-corrected chi connectivity index (χ1v) is 5.08. The zero-order valence-corrected chi connectivity index (χ0v) is 8.91. The number of imidazole rings is 1. The second-order valence-corrected chi connectivity index (χ2v) is 3.77. The summed E-state index contributed by atoms with van der Waals surface area (Å²) in [6.07, 6.45) is 7.32. The van der Waals surface area contributed by atoms with Crippen molar-refractivity contribution in [2.75, 3.05) is 0 Å². The summed E-state index contributed by atoms with van der Waals surface area (Å²) in [6.45, 7) is 2.79. The first kappa shape index (κ1) is 9.08. The molecule has 16 heavy (non-hydrogen) atoms. The van der Waals surface area contributed by atoms with Gasteiger partial charge in [-0.25, -0.2) is 4.98 Å². The van der Waals surface area contributed by atoms with Crippen LogP contribution in [0.4, 0.5) is 0 Å². The van der Waals surface area contributed by atoms with Crippen LogP contribution in [0.15, 0.2) is 37.2 Å². The van der Waals surface area contributed by atoms with Crippen molar-refractivity contribution < 1.29 is 0 Å².